The van der Waals surface area contributed by atoms with E-state index in [9.17, 15) is 0 Å². The van der Waals surface area contributed by atoms with E-state index in [1.165, 1.54) is 32.9 Å². The van der Waals surface area contributed by atoms with Gasteiger partial charge < -0.3 is 0 Å². The SMILES string of the molecule is c1ccc([NH+]2C[SH+]c3ccccc32)cc1. The number of nitrogens with one attached hydrogen (secondary N) is 1. The number of quaternary nitrogens is 1. The van der Waals surface area contributed by atoms with Crippen LogP contribution in [-0.2, 0) is 11.8 Å². The summed E-state index contributed by atoms with van der Waals surface area (Å²) in [5.41, 5.74) is 2.81. The molecule has 1 nitrogen and oxygen atoms in total. The molecule has 0 bridgehead atoms. The lowest BCUT2D eigenvalue weighted by Gasteiger charge is -2.07. The van der Waals surface area contributed by atoms with Gasteiger partial charge in [-0.3, -0.25) is 0 Å². The van der Waals surface area contributed by atoms with Crippen LogP contribution in [0.3, 0.4) is 0 Å². The second kappa shape index (κ2) is 3.72. The fraction of sp³-hybridized carbons (Fsp3) is 0.0769. The summed E-state index contributed by atoms with van der Waals surface area (Å²) < 4.78 is 0. The molecule has 15 heavy (non-hydrogen) atoms. The van der Waals surface area contributed by atoms with Crippen LogP contribution in [0.5, 0.6) is 0 Å². The molecule has 3 rings (SSSR count). The minimum absolute atomic E-state index is 1.16. The predicted octanol–water partition coefficient (Wildman–Crippen LogP) is 1.68. The molecule has 0 saturated carbocycles. The third-order valence-corrected chi connectivity index (χ3v) is 3.96. The Morgan fingerprint density at radius 1 is 0.867 bits per heavy atom. The minimum atomic E-state index is 1.16. The van der Waals surface area contributed by atoms with Gasteiger partial charge in [-0.2, -0.15) is 0 Å². The van der Waals surface area contributed by atoms with Crippen molar-refractivity contribution in [3.8, 4) is 0 Å². The van der Waals surface area contributed by atoms with E-state index in [1.807, 2.05) is 0 Å². The Morgan fingerprint density at radius 3 is 2.47 bits per heavy atom. The van der Waals surface area contributed by atoms with Crippen LogP contribution in [0.2, 0.25) is 0 Å². The summed E-state index contributed by atoms with van der Waals surface area (Å²) in [4.78, 5) is 2.96. The highest BCUT2D eigenvalue weighted by Gasteiger charge is 2.32. The van der Waals surface area contributed by atoms with E-state index in [-0.39, 0.29) is 0 Å². The first-order chi connectivity index (χ1) is 7.45. The van der Waals surface area contributed by atoms with Crippen molar-refractivity contribution in [3.05, 3.63) is 54.6 Å². The fourth-order valence-corrected chi connectivity index (χ4v) is 3.25. The molecule has 1 aliphatic rings. The Bertz CT molecular complexity index is 467. The molecule has 2 aromatic rings. The van der Waals surface area contributed by atoms with Gasteiger partial charge in [0.05, 0.1) is 11.8 Å². The van der Waals surface area contributed by atoms with Gasteiger partial charge in [-0.05, 0) is 18.2 Å². The van der Waals surface area contributed by atoms with E-state index < -0.39 is 0 Å². The third-order valence-electron chi connectivity index (χ3n) is 2.76. The molecule has 0 saturated heterocycles. The minimum Gasteiger partial charge on any atom is -0.224 e. The van der Waals surface area contributed by atoms with Crippen LogP contribution in [-0.4, -0.2) is 5.88 Å². The van der Waals surface area contributed by atoms with Gasteiger partial charge in [-0.25, -0.2) is 4.90 Å². The van der Waals surface area contributed by atoms with Crippen molar-refractivity contribution in [1.29, 1.82) is 0 Å². The molecule has 0 fully saturated rings. The number of fused-ring (bicyclic) bond motifs is 1. The maximum absolute atomic E-state index is 2.23. The smallest absolute Gasteiger partial charge is 0.224 e. The molecule has 0 aliphatic carbocycles. The van der Waals surface area contributed by atoms with E-state index in [0.717, 1.165) is 5.88 Å². The second-order valence-corrected chi connectivity index (χ2v) is 4.79. The van der Waals surface area contributed by atoms with E-state index >= 15 is 0 Å². The molecule has 1 N–H and O–H groups in total. The molecule has 1 unspecified atom stereocenters. The van der Waals surface area contributed by atoms with Gasteiger partial charge in [0.15, 0.2) is 5.69 Å². The topological polar surface area (TPSA) is 4.44 Å². The van der Waals surface area contributed by atoms with Crippen molar-refractivity contribution in [3.63, 3.8) is 0 Å². The summed E-state index contributed by atoms with van der Waals surface area (Å²) in [5, 5.41) is 0. The summed E-state index contributed by atoms with van der Waals surface area (Å²) in [6.45, 7) is 0. The highest BCUT2D eigenvalue weighted by atomic mass is 32.2. The molecular formula is C13H13NS+2. The summed E-state index contributed by atoms with van der Waals surface area (Å²) in [6, 6.07) is 19.4. The summed E-state index contributed by atoms with van der Waals surface area (Å²) in [5.74, 6) is 1.16. The number of rotatable bonds is 1. The molecular weight excluding hydrogens is 202 g/mol. The monoisotopic (exact) mass is 215 g/mol. The van der Waals surface area contributed by atoms with Crippen LogP contribution in [0.1, 0.15) is 0 Å². The van der Waals surface area contributed by atoms with Crippen molar-refractivity contribution in [2.45, 2.75) is 4.90 Å². The predicted molar refractivity (Wildman–Crippen MR) is 65.1 cm³/mol. The zero-order chi connectivity index (χ0) is 10.1. The molecule has 0 spiro atoms. The molecule has 74 valence electrons. The van der Waals surface area contributed by atoms with Crippen molar-refractivity contribution in [2.24, 2.45) is 0 Å². The number of hydrogen-bond donors (Lipinski definition) is 1. The van der Waals surface area contributed by atoms with Crippen LogP contribution < -0.4 is 4.90 Å². The standard InChI is InChI=1S/C13H11NS/c1-2-6-11(7-3-1)14-10-15-13-9-5-4-8-12(13)14/h1-9H,10H2/p+2. The molecule has 2 aromatic carbocycles. The molecule has 0 amide bonds. The number of thiol groups is 1. The maximum Gasteiger partial charge on any atom is 0.243 e. The van der Waals surface area contributed by atoms with Gasteiger partial charge in [0.2, 0.25) is 10.8 Å². The molecule has 0 aromatic heterocycles. The zero-order valence-electron chi connectivity index (χ0n) is 8.35. The second-order valence-electron chi connectivity index (χ2n) is 3.68. The number of hydrogen-bond acceptors (Lipinski definition) is 0. The van der Waals surface area contributed by atoms with Crippen LogP contribution >= 0.6 is 0 Å². The Labute approximate surface area is 93.7 Å². The third kappa shape index (κ3) is 1.56. The first kappa shape index (κ1) is 9.01. The summed E-state index contributed by atoms with van der Waals surface area (Å²) in [7, 11) is 0. The summed E-state index contributed by atoms with van der Waals surface area (Å²) in [6.07, 6.45) is 0. The lowest BCUT2D eigenvalue weighted by atomic mass is 10.2. The molecule has 1 atom stereocenters. The molecule has 1 heterocycles. The van der Waals surface area contributed by atoms with E-state index in [0.29, 0.717) is 0 Å². The Balaban J connectivity index is 2.05. The molecule has 1 aliphatic heterocycles. The van der Waals surface area contributed by atoms with Gasteiger partial charge in [-0.15, -0.1) is 0 Å². The van der Waals surface area contributed by atoms with Gasteiger partial charge in [-0.1, -0.05) is 30.3 Å². The van der Waals surface area contributed by atoms with Crippen LogP contribution in [0, 0.1) is 0 Å². The first-order valence-electron chi connectivity index (χ1n) is 5.13. The fourth-order valence-electron chi connectivity index (χ4n) is 2.00. The highest BCUT2D eigenvalue weighted by molar-refractivity contribution is 7.78. The van der Waals surface area contributed by atoms with Crippen LogP contribution in [0.15, 0.2) is 59.5 Å². The average molecular weight is 215 g/mol. The normalized spacial score (nSPS) is 18.8. The Morgan fingerprint density at radius 2 is 1.60 bits per heavy atom. The van der Waals surface area contributed by atoms with Crippen molar-refractivity contribution in [1.82, 2.24) is 0 Å². The average Bonchev–Trinajstić information content (AvgIpc) is 2.74. The number of benzene rings is 2. The maximum atomic E-state index is 2.23. The Hall–Kier alpha value is -1.25. The molecule has 2 heteroatoms. The number of para-hydroxylation sites is 2. The lowest BCUT2D eigenvalue weighted by molar-refractivity contribution is -0.742. The van der Waals surface area contributed by atoms with Crippen LogP contribution in [0.25, 0.3) is 0 Å². The quantitative estimate of drug-likeness (QED) is 0.545. The zero-order valence-corrected chi connectivity index (χ0v) is 9.24. The van der Waals surface area contributed by atoms with Gasteiger partial charge in [0.1, 0.15) is 5.69 Å². The van der Waals surface area contributed by atoms with E-state index in [1.54, 1.807) is 0 Å². The first-order valence-corrected chi connectivity index (χ1v) is 6.21. The molecule has 0 radical (unpaired) electrons. The lowest BCUT2D eigenvalue weighted by Crippen LogP contribution is -3.00. The van der Waals surface area contributed by atoms with Gasteiger partial charge in [0.25, 0.3) is 0 Å². The van der Waals surface area contributed by atoms with Crippen LogP contribution in [0.4, 0.5) is 11.4 Å². The van der Waals surface area contributed by atoms with Crippen molar-refractivity contribution < 1.29 is 4.90 Å². The van der Waals surface area contributed by atoms with Gasteiger partial charge in [0, 0.05) is 6.07 Å². The van der Waals surface area contributed by atoms with E-state index in [2.05, 4.69) is 54.6 Å². The van der Waals surface area contributed by atoms with Gasteiger partial charge >= 0.3 is 0 Å². The largest absolute Gasteiger partial charge is 0.243 e. The van der Waals surface area contributed by atoms with E-state index in [4.69, 9.17) is 0 Å². The Kier molecular flexibility index (Phi) is 2.24. The van der Waals surface area contributed by atoms with Crippen molar-refractivity contribution in [2.75, 3.05) is 5.88 Å². The highest BCUT2D eigenvalue weighted by Crippen LogP contribution is 2.20. The van der Waals surface area contributed by atoms with Crippen molar-refractivity contribution >= 4 is 23.1 Å². The summed E-state index contributed by atoms with van der Waals surface area (Å²) >= 11 is 1.44.